The second-order valence-corrected chi connectivity index (χ2v) is 5.00. The largest absolute Gasteiger partial charge is 0.508 e. The molecular weight excluding hydrogens is 282 g/mol. The van der Waals surface area contributed by atoms with Crippen LogP contribution in [0.4, 0.5) is 5.69 Å². The number of para-hydroxylation sites is 2. The zero-order chi connectivity index (χ0) is 15.5. The van der Waals surface area contributed by atoms with E-state index in [1.165, 1.54) is 6.07 Å². The first-order chi connectivity index (χ1) is 10.7. The maximum absolute atomic E-state index is 12.4. The molecule has 2 amide bonds. The van der Waals surface area contributed by atoms with Crippen LogP contribution in [0.15, 0.2) is 54.6 Å². The zero-order valence-corrected chi connectivity index (χ0v) is 11.6. The lowest BCUT2D eigenvalue weighted by molar-refractivity contribution is -0.130. The lowest BCUT2D eigenvalue weighted by Gasteiger charge is -2.17. The number of rotatable bonds is 3. The zero-order valence-electron chi connectivity index (χ0n) is 11.6. The Bertz CT molecular complexity index is 703. The number of anilines is 1. The monoisotopic (exact) mass is 297 g/mol. The Morgan fingerprint density at radius 2 is 1.73 bits per heavy atom. The van der Waals surface area contributed by atoms with Gasteiger partial charge in [-0.15, -0.1) is 0 Å². The fourth-order valence-corrected chi connectivity index (χ4v) is 2.48. The van der Waals surface area contributed by atoms with Gasteiger partial charge in [-0.25, -0.2) is 5.43 Å². The van der Waals surface area contributed by atoms with Gasteiger partial charge >= 0.3 is 0 Å². The summed E-state index contributed by atoms with van der Waals surface area (Å²) in [6, 6.07) is 14.9. The Morgan fingerprint density at radius 1 is 1.05 bits per heavy atom. The molecular formula is C16H15N3O3. The molecule has 2 aromatic carbocycles. The van der Waals surface area contributed by atoms with Gasteiger partial charge in [-0.3, -0.25) is 15.0 Å². The van der Waals surface area contributed by atoms with Crippen molar-refractivity contribution in [2.24, 2.45) is 5.92 Å². The number of amides is 2. The minimum atomic E-state index is -0.964. The van der Waals surface area contributed by atoms with Crippen molar-refractivity contribution >= 4 is 17.5 Å². The van der Waals surface area contributed by atoms with Gasteiger partial charge in [0.05, 0.1) is 6.04 Å². The molecule has 0 bridgehead atoms. The third-order valence-electron chi connectivity index (χ3n) is 3.56. The molecule has 2 aromatic rings. The van der Waals surface area contributed by atoms with E-state index in [1.54, 1.807) is 42.5 Å². The average molecular weight is 297 g/mol. The van der Waals surface area contributed by atoms with E-state index in [9.17, 15) is 14.7 Å². The SMILES string of the molecule is O=C1NN[C@H](c2ccccc2O)[C@H]1C(=O)Nc1ccccc1. The van der Waals surface area contributed by atoms with E-state index in [1.807, 2.05) is 6.07 Å². The van der Waals surface area contributed by atoms with E-state index < -0.39 is 23.8 Å². The Balaban J connectivity index is 1.85. The molecule has 1 heterocycles. The van der Waals surface area contributed by atoms with Crippen molar-refractivity contribution in [1.82, 2.24) is 10.9 Å². The van der Waals surface area contributed by atoms with Crippen LogP contribution in [-0.4, -0.2) is 16.9 Å². The third kappa shape index (κ3) is 2.64. The molecule has 3 rings (SSSR count). The molecule has 22 heavy (non-hydrogen) atoms. The minimum Gasteiger partial charge on any atom is -0.508 e. The van der Waals surface area contributed by atoms with E-state index >= 15 is 0 Å². The number of aromatic hydroxyl groups is 1. The van der Waals surface area contributed by atoms with E-state index in [4.69, 9.17) is 0 Å². The Labute approximate surface area is 127 Å². The number of hydrogen-bond donors (Lipinski definition) is 4. The number of phenolic OH excluding ortho intramolecular Hbond substituents is 1. The van der Waals surface area contributed by atoms with Crippen LogP contribution in [0.1, 0.15) is 11.6 Å². The van der Waals surface area contributed by atoms with Crippen LogP contribution in [0.5, 0.6) is 5.75 Å². The van der Waals surface area contributed by atoms with Crippen LogP contribution in [0.2, 0.25) is 0 Å². The normalized spacial score (nSPS) is 20.5. The highest BCUT2D eigenvalue weighted by Gasteiger charge is 2.42. The van der Waals surface area contributed by atoms with E-state index in [-0.39, 0.29) is 5.75 Å². The molecule has 6 heteroatoms. The Hall–Kier alpha value is -2.86. The first-order valence-corrected chi connectivity index (χ1v) is 6.86. The maximum Gasteiger partial charge on any atom is 0.248 e. The number of phenols is 1. The number of hydrazine groups is 1. The molecule has 112 valence electrons. The fourth-order valence-electron chi connectivity index (χ4n) is 2.48. The molecule has 0 aliphatic carbocycles. The van der Waals surface area contributed by atoms with Gasteiger partial charge in [0.15, 0.2) is 0 Å². The van der Waals surface area contributed by atoms with Crippen molar-refractivity contribution in [1.29, 1.82) is 0 Å². The molecule has 1 aliphatic heterocycles. The Morgan fingerprint density at radius 3 is 2.45 bits per heavy atom. The third-order valence-corrected chi connectivity index (χ3v) is 3.56. The second kappa shape index (κ2) is 5.87. The van der Waals surface area contributed by atoms with Gasteiger partial charge in [0, 0.05) is 11.3 Å². The average Bonchev–Trinajstić information content (AvgIpc) is 2.90. The van der Waals surface area contributed by atoms with E-state index in [2.05, 4.69) is 16.2 Å². The minimum absolute atomic E-state index is 0.0361. The number of carbonyl (C=O) groups is 2. The lowest BCUT2D eigenvalue weighted by Crippen LogP contribution is -2.32. The number of nitrogens with one attached hydrogen (secondary N) is 3. The van der Waals surface area contributed by atoms with Crippen LogP contribution >= 0.6 is 0 Å². The van der Waals surface area contributed by atoms with Crippen molar-refractivity contribution in [3.8, 4) is 5.75 Å². The summed E-state index contributed by atoms with van der Waals surface area (Å²) in [7, 11) is 0. The molecule has 0 spiro atoms. The quantitative estimate of drug-likeness (QED) is 0.643. The summed E-state index contributed by atoms with van der Waals surface area (Å²) < 4.78 is 0. The van der Waals surface area contributed by atoms with Crippen LogP contribution in [0, 0.1) is 5.92 Å². The second-order valence-electron chi connectivity index (χ2n) is 5.00. The van der Waals surface area contributed by atoms with Crippen molar-refractivity contribution < 1.29 is 14.7 Å². The van der Waals surface area contributed by atoms with Gasteiger partial charge in [-0.05, 0) is 18.2 Å². The van der Waals surface area contributed by atoms with E-state index in [0.29, 0.717) is 11.3 Å². The van der Waals surface area contributed by atoms with Gasteiger partial charge in [0.1, 0.15) is 11.7 Å². The smallest absolute Gasteiger partial charge is 0.248 e. The molecule has 6 nitrogen and oxygen atoms in total. The number of hydrogen-bond acceptors (Lipinski definition) is 4. The molecule has 2 atom stereocenters. The predicted molar refractivity (Wildman–Crippen MR) is 80.7 cm³/mol. The van der Waals surface area contributed by atoms with Gasteiger partial charge in [-0.2, -0.15) is 0 Å². The number of benzene rings is 2. The van der Waals surface area contributed by atoms with Crippen LogP contribution in [0.3, 0.4) is 0 Å². The van der Waals surface area contributed by atoms with Gasteiger partial charge in [0.25, 0.3) is 0 Å². The summed E-state index contributed by atoms with van der Waals surface area (Å²) in [5, 5.41) is 12.6. The molecule has 1 fully saturated rings. The van der Waals surface area contributed by atoms with Gasteiger partial charge < -0.3 is 10.4 Å². The summed E-state index contributed by atoms with van der Waals surface area (Å²) >= 11 is 0. The Kier molecular flexibility index (Phi) is 3.76. The molecule has 1 saturated heterocycles. The molecule has 4 N–H and O–H groups in total. The first kappa shape index (κ1) is 14.1. The number of carbonyl (C=O) groups excluding carboxylic acids is 2. The highest BCUT2D eigenvalue weighted by Crippen LogP contribution is 2.32. The van der Waals surface area contributed by atoms with Gasteiger partial charge in [-0.1, -0.05) is 36.4 Å². The molecule has 1 aliphatic rings. The van der Waals surface area contributed by atoms with Crippen molar-refractivity contribution in [3.63, 3.8) is 0 Å². The van der Waals surface area contributed by atoms with Crippen LogP contribution in [-0.2, 0) is 9.59 Å². The summed E-state index contributed by atoms with van der Waals surface area (Å²) in [5.41, 5.74) is 6.32. The summed E-state index contributed by atoms with van der Waals surface area (Å²) in [4.78, 5) is 24.4. The summed E-state index contributed by atoms with van der Waals surface area (Å²) in [6.07, 6.45) is 0. The van der Waals surface area contributed by atoms with Crippen molar-refractivity contribution in [3.05, 3.63) is 60.2 Å². The highest BCUT2D eigenvalue weighted by atomic mass is 16.3. The fraction of sp³-hybridized carbons (Fsp3) is 0.125. The topological polar surface area (TPSA) is 90.5 Å². The molecule has 0 unspecified atom stereocenters. The summed E-state index contributed by atoms with van der Waals surface area (Å²) in [6.45, 7) is 0. The van der Waals surface area contributed by atoms with Crippen molar-refractivity contribution in [2.75, 3.05) is 5.32 Å². The first-order valence-electron chi connectivity index (χ1n) is 6.86. The lowest BCUT2D eigenvalue weighted by atomic mass is 9.93. The standard InChI is InChI=1S/C16H15N3O3/c20-12-9-5-4-8-11(12)14-13(16(22)19-18-14)15(21)17-10-6-2-1-3-7-10/h1-9,13-14,18,20H,(H,17,21)(H,19,22)/t13-,14+/m0/s1. The predicted octanol–water partition coefficient (Wildman–Crippen LogP) is 1.32. The van der Waals surface area contributed by atoms with Crippen molar-refractivity contribution in [2.45, 2.75) is 6.04 Å². The van der Waals surface area contributed by atoms with E-state index in [0.717, 1.165) is 0 Å². The highest BCUT2D eigenvalue weighted by molar-refractivity contribution is 6.08. The molecule has 0 saturated carbocycles. The molecule has 0 aromatic heterocycles. The maximum atomic E-state index is 12.4. The molecule has 0 radical (unpaired) electrons. The summed E-state index contributed by atoms with van der Waals surface area (Å²) in [5.74, 6) is -1.79. The van der Waals surface area contributed by atoms with Gasteiger partial charge in [0.2, 0.25) is 11.8 Å². The van der Waals surface area contributed by atoms with Crippen LogP contribution in [0.25, 0.3) is 0 Å². The van der Waals surface area contributed by atoms with Crippen LogP contribution < -0.4 is 16.2 Å².